The number of hydrogen-bond acceptors (Lipinski definition) is 2. The van der Waals surface area contributed by atoms with Crippen LogP contribution in [0.4, 0.5) is 5.69 Å². The Bertz CT molecular complexity index is 454. The molecule has 0 bridgehead atoms. The van der Waals surface area contributed by atoms with Crippen LogP contribution >= 0.6 is 11.6 Å². The van der Waals surface area contributed by atoms with Crippen LogP contribution in [0.15, 0.2) is 18.2 Å². The van der Waals surface area contributed by atoms with E-state index in [4.69, 9.17) is 11.6 Å². The second-order valence-electron chi connectivity index (χ2n) is 6.25. The summed E-state index contributed by atoms with van der Waals surface area (Å²) < 4.78 is 0. The second-order valence-corrected chi connectivity index (χ2v) is 6.52. The number of nitrogens with zero attached hydrogens (tertiary/aromatic N) is 2. The van der Waals surface area contributed by atoms with Gasteiger partial charge < -0.3 is 4.90 Å². The molecule has 0 N–H and O–H groups in total. The van der Waals surface area contributed by atoms with Gasteiger partial charge in [-0.15, -0.1) is 11.6 Å². The molecule has 1 aromatic carbocycles. The number of rotatable bonds is 3. The second kappa shape index (κ2) is 6.36. The molecule has 0 radical (unpaired) electrons. The van der Waals surface area contributed by atoms with Gasteiger partial charge in [-0.3, -0.25) is 4.90 Å². The van der Waals surface area contributed by atoms with Crippen LogP contribution in [0.25, 0.3) is 0 Å². The predicted octanol–water partition coefficient (Wildman–Crippen LogP) is 3.80. The van der Waals surface area contributed by atoms with E-state index in [-0.39, 0.29) is 0 Å². The van der Waals surface area contributed by atoms with E-state index in [1.165, 1.54) is 68.7 Å². The fourth-order valence-electron chi connectivity index (χ4n) is 3.67. The van der Waals surface area contributed by atoms with Crippen molar-refractivity contribution >= 4 is 17.3 Å². The molecule has 1 unspecified atom stereocenters. The number of alkyl halides is 1. The molecule has 3 heteroatoms. The zero-order valence-electron chi connectivity index (χ0n) is 12.4. The molecule has 2 saturated heterocycles. The number of aryl methyl sites for hydroxylation is 1. The van der Waals surface area contributed by atoms with Crippen LogP contribution in [0, 0.1) is 6.92 Å². The monoisotopic (exact) mass is 292 g/mol. The van der Waals surface area contributed by atoms with Crippen LogP contribution in [0.1, 0.15) is 36.8 Å². The van der Waals surface area contributed by atoms with Gasteiger partial charge in [0.1, 0.15) is 0 Å². The van der Waals surface area contributed by atoms with Crippen molar-refractivity contribution in [1.29, 1.82) is 0 Å². The highest BCUT2D eigenvalue weighted by molar-refractivity contribution is 6.17. The van der Waals surface area contributed by atoms with Crippen LogP contribution in [0.3, 0.4) is 0 Å². The molecule has 1 atom stereocenters. The first-order chi connectivity index (χ1) is 9.78. The zero-order valence-corrected chi connectivity index (χ0v) is 13.2. The van der Waals surface area contributed by atoms with Crippen molar-refractivity contribution in [1.82, 2.24) is 4.90 Å². The maximum atomic E-state index is 6.13. The summed E-state index contributed by atoms with van der Waals surface area (Å²) in [6, 6.07) is 7.45. The van der Waals surface area contributed by atoms with Gasteiger partial charge in [0.15, 0.2) is 0 Å². The third-order valence-electron chi connectivity index (χ3n) is 4.79. The molecule has 3 rings (SSSR count). The maximum absolute atomic E-state index is 6.13. The van der Waals surface area contributed by atoms with Gasteiger partial charge in [-0.05, 0) is 50.9 Å². The molecule has 0 aliphatic carbocycles. The number of anilines is 1. The van der Waals surface area contributed by atoms with Gasteiger partial charge in [0.25, 0.3) is 0 Å². The summed E-state index contributed by atoms with van der Waals surface area (Å²) >= 11 is 6.13. The van der Waals surface area contributed by atoms with E-state index in [1.807, 2.05) is 0 Å². The SMILES string of the molecule is Cc1ccc(N2CCC(N3CCCCC3)C2)c(CCl)c1. The molecular formula is C17H25ClN2. The van der Waals surface area contributed by atoms with Crippen molar-refractivity contribution in [2.24, 2.45) is 0 Å². The number of piperidine rings is 1. The largest absolute Gasteiger partial charge is 0.370 e. The van der Waals surface area contributed by atoms with Crippen molar-refractivity contribution < 1.29 is 0 Å². The third kappa shape index (κ3) is 2.96. The zero-order chi connectivity index (χ0) is 13.9. The van der Waals surface area contributed by atoms with Gasteiger partial charge in [0.05, 0.1) is 0 Å². The lowest BCUT2D eigenvalue weighted by atomic mass is 10.1. The van der Waals surface area contributed by atoms with Gasteiger partial charge in [-0.25, -0.2) is 0 Å². The number of hydrogen-bond donors (Lipinski definition) is 0. The molecule has 0 amide bonds. The third-order valence-corrected chi connectivity index (χ3v) is 5.08. The Hall–Kier alpha value is -0.730. The Labute approximate surface area is 127 Å². The highest BCUT2D eigenvalue weighted by Gasteiger charge is 2.29. The van der Waals surface area contributed by atoms with E-state index in [0.29, 0.717) is 5.88 Å². The first-order valence-electron chi connectivity index (χ1n) is 7.92. The van der Waals surface area contributed by atoms with Crippen LogP contribution in [-0.4, -0.2) is 37.1 Å². The van der Waals surface area contributed by atoms with Crippen LogP contribution in [0.2, 0.25) is 0 Å². The summed E-state index contributed by atoms with van der Waals surface area (Å²) in [5.74, 6) is 0.613. The summed E-state index contributed by atoms with van der Waals surface area (Å²) in [5.41, 5.74) is 3.94. The summed E-state index contributed by atoms with van der Waals surface area (Å²) in [5, 5.41) is 0. The number of likely N-dealkylation sites (tertiary alicyclic amines) is 1. The van der Waals surface area contributed by atoms with Gasteiger partial charge in [0, 0.05) is 30.7 Å². The van der Waals surface area contributed by atoms with Gasteiger partial charge in [-0.2, -0.15) is 0 Å². The van der Waals surface area contributed by atoms with Gasteiger partial charge in [-0.1, -0.05) is 24.1 Å². The van der Waals surface area contributed by atoms with E-state index < -0.39 is 0 Å². The first-order valence-corrected chi connectivity index (χ1v) is 8.46. The lowest BCUT2D eigenvalue weighted by molar-refractivity contribution is 0.175. The summed E-state index contributed by atoms with van der Waals surface area (Å²) in [6.07, 6.45) is 5.48. The lowest BCUT2D eigenvalue weighted by Crippen LogP contribution is -2.40. The molecule has 0 aromatic heterocycles. The molecule has 2 heterocycles. The van der Waals surface area contributed by atoms with E-state index in [2.05, 4.69) is 34.9 Å². The molecular weight excluding hydrogens is 268 g/mol. The normalized spacial score (nSPS) is 24.3. The van der Waals surface area contributed by atoms with Crippen LogP contribution in [-0.2, 0) is 5.88 Å². The quantitative estimate of drug-likeness (QED) is 0.782. The Kier molecular flexibility index (Phi) is 4.52. The van der Waals surface area contributed by atoms with E-state index in [0.717, 1.165) is 6.04 Å². The van der Waals surface area contributed by atoms with Gasteiger partial charge >= 0.3 is 0 Å². The number of benzene rings is 1. The van der Waals surface area contributed by atoms with Gasteiger partial charge in [0.2, 0.25) is 0 Å². The van der Waals surface area contributed by atoms with E-state index >= 15 is 0 Å². The highest BCUT2D eigenvalue weighted by Crippen LogP contribution is 2.29. The Morgan fingerprint density at radius 2 is 1.95 bits per heavy atom. The van der Waals surface area contributed by atoms with Crippen molar-refractivity contribution in [2.75, 3.05) is 31.1 Å². The fraction of sp³-hybridized carbons (Fsp3) is 0.647. The maximum Gasteiger partial charge on any atom is 0.0494 e. The molecule has 2 aliphatic rings. The summed E-state index contributed by atoms with van der Waals surface area (Å²) in [7, 11) is 0. The molecule has 2 fully saturated rings. The standard InChI is InChI=1S/C17H25ClN2/c1-14-5-6-17(15(11-14)12-18)20-10-7-16(13-20)19-8-3-2-4-9-19/h5-6,11,16H,2-4,7-10,12-13H2,1H3. The average Bonchev–Trinajstić information content (AvgIpc) is 2.97. The van der Waals surface area contributed by atoms with Crippen molar-refractivity contribution in [3.05, 3.63) is 29.3 Å². The smallest absolute Gasteiger partial charge is 0.0494 e. The van der Waals surface area contributed by atoms with Crippen molar-refractivity contribution in [3.8, 4) is 0 Å². The van der Waals surface area contributed by atoms with E-state index in [9.17, 15) is 0 Å². The predicted molar refractivity (Wildman–Crippen MR) is 86.8 cm³/mol. The molecule has 0 spiro atoms. The van der Waals surface area contributed by atoms with E-state index in [1.54, 1.807) is 0 Å². The first kappa shape index (κ1) is 14.2. The molecule has 110 valence electrons. The topological polar surface area (TPSA) is 6.48 Å². The minimum Gasteiger partial charge on any atom is -0.370 e. The molecule has 2 aliphatic heterocycles. The molecule has 20 heavy (non-hydrogen) atoms. The Morgan fingerprint density at radius 1 is 1.15 bits per heavy atom. The minimum absolute atomic E-state index is 0.613. The summed E-state index contributed by atoms with van der Waals surface area (Å²) in [4.78, 5) is 5.24. The molecule has 2 nitrogen and oxygen atoms in total. The molecule has 1 aromatic rings. The summed E-state index contributed by atoms with van der Waals surface area (Å²) in [6.45, 7) is 7.09. The minimum atomic E-state index is 0.613. The Balaban J connectivity index is 1.70. The number of halogens is 1. The van der Waals surface area contributed by atoms with Crippen LogP contribution < -0.4 is 4.90 Å². The fourth-order valence-corrected chi connectivity index (χ4v) is 3.89. The lowest BCUT2D eigenvalue weighted by Gasteiger charge is -2.32. The van der Waals surface area contributed by atoms with Crippen molar-refractivity contribution in [2.45, 2.75) is 44.5 Å². The van der Waals surface area contributed by atoms with Crippen molar-refractivity contribution in [3.63, 3.8) is 0 Å². The Morgan fingerprint density at radius 3 is 2.70 bits per heavy atom. The highest BCUT2D eigenvalue weighted by atomic mass is 35.5. The average molecular weight is 293 g/mol. The van der Waals surface area contributed by atoms with Crippen LogP contribution in [0.5, 0.6) is 0 Å². The molecule has 0 saturated carbocycles.